The quantitative estimate of drug-likeness (QED) is 0.906. The molecule has 1 N–H and O–H groups in total. The second-order valence-corrected chi connectivity index (χ2v) is 5.72. The topological polar surface area (TPSA) is 30.5 Å². The van der Waals surface area contributed by atoms with Crippen molar-refractivity contribution in [3.8, 4) is 5.75 Å². The van der Waals surface area contributed by atoms with Gasteiger partial charge < -0.3 is 14.8 Å². The van der Waals surface area contributed by atoms with Crippen LogP contribution in [0, 0.1) is 5.41 Å². The van der Waals surface area contributed by atoms with Gasteiger partial charge in [-0.1, -0.05) is 22.9 Å². The van der Waals surface area contributed by atoms with E-state index in [1.165, 1.54) is 5.56 Å². The van der Waals surface area contributed by atoms with Gasteiger partial charge in [-0.05, 0) is 23.8 Å². The van der Waals surface area contributed by atoms with Gasteiger partial charge in [0.05, 0.1) is 20.3 Å². The van der Waals surface area contributed by atoms with E-state index in [4.69, 9.17) is 9.47 Å². The average Bonchev–Trinajstić information content (AvgIpc) is 2.29. The van der Waals surface area contributed by atoms with Gasteiger partial charge in [0, 0.05) is 23.0 Å². The summed E-state index contributed by atoms with van der Waals surface area (Å²) in [7, 11) is 1.69. The SMILES string of the molecule is COc1ccc(Br)c(CNCC2(C)COC2)c1. The lowest BCUT2D eigenvalue weighted by atomic mass is 9.89. The molecule has 4 heteroatoms. The molecule has 0 saturated carbocycles. The van der Waals surface area contributed by atoms with Crippen LogP contribution in [0.5, 0.6) is 5.75 Å². The average molecular weight is 300 g/mol. The van der Waals surface area contributed by atoms with Crippen molar-refractivity contribution >= 4 is 15.9 Å². The first kappa shape index (κ1) is 12.9. The van der Waals surface area contributed by atoms with E-state index in [0.717, 1.165) is 36.5 Å². The Morgan fingerprint density at radius 2 is 2.24 bits per heavy atom. The number of benzene rings is 1. The van der Waals surface area contributed by atoms with Crippen molar-refractivity contribution in [1.82, 2.24) is 5.32 Å². The highest BCUT2D eigenvalue weighted by Crippen LogP contribution is 2.26. The summed E-state index contributed by atoms with van der Waals surface area (Å²) in [5.41, 5.74) is 1.53. The monoisotopic (exact) mass is 299 g/mol. The summed E-state index contributed by atoms with van der Waals surface area (Å²) in [4.78, 5) is 0. The standard InChI is InChI=1S/C13H18BrNO2/c1-13(8-17-9-13)7-15-6-10-5-11(16-2)3-4-12(10)14/h3-5,15H,6-9H2,1-2H3. The Morgan fingerprint density at radius 3 is 2.82 bits per heavy atom. The third-order valence-electron chi connectivity index (χ3n) is 3.02. The molecule has 0 amide bonds. The Morgan fingerprint density at radius 1 is 1.47 bits per heavy atom. The number of hydrogen-bond acceptors (Lipinski definition) is 3. The van der Waals surface area contributed by atoms with Crippen LogP contribution in [0.1, 0.15) is 12.5 Å². The van der Waals surface area contributed by atoms with Gasteiger partial charge in [0.1, 0.15) is 5.75 Å². The molecule has 0 aromatic heterocycles. The molecule has 0 radical (unpaired) electrons. The number of nitrogens with one attached hydrogen (secondary N) is 1. The Balaban J connectivity index is 1.89. The largest absolute Gasteiger partial charge is 0.497 e. The highest BCUT2D eigenvalue weighted by atomic mass is 79.9. The lowest BCUT2D eigenvalue weighted by molar-refractivity contribution is -0.0991. The number of rotatable bonds is 5. The maximum atomic E-state index is 5.23. The molecular weight excluding hydrogens is 282 g/mol. The minimum Gasteiger partial charge on any atom is -0.497 e. The number of hydrogen-bond donors (Lipinski definition) is 1. The van der Waals surface area contributed by atoms with Crippen molar-refractivity contribution in [1.29, 1.82) is 0 Å². The molecule has 3 nitrogen and oxygen atoms in total. The molecule has 1 saturated heterocycles. The Bertz CT molecular complexity index is 391. The maximum Gasteiger partial charge on any atom is 0.119 e. The molecule has 1 aliphatic rings. The Hall–Kier alpha value is -0.580. The molecule has 0 atom stereocenters. The molecule has 1 fully saturated rings. The molecule has 1 heterocycles. The molecule has 1 aromatic carbocycles. The van der Waals surface area contributed by atoms with Gasteiger partial charge in [-0.3, -0.25) is 0 Å². The summed E-state index contributed by atoms with van der Waals surface area (Å²) in [5, 5.41) is 3.47. The second-order valence-electron chi connectivity index (χ2n) is 4.86. The van der Waals surface area contributed by atoms with E-state index < -0.39 is 0 Å². The van der Waals surface area contributed by atoms with E-state index in [9.17, 15) is 0 Å². The minimum absolute atomic E-state index is 0.311. The second kappa shape index (κ2) is 5.38. The lowest BCUT2D eigenvalue weighted by Crippen LogP contribution is -2.47. The van der Waals surface area contributed by atoms with Gasteiger partial charge in [-0.25, -0.2) is 0 Å². The third kappa shape index (κ3) is 3.21. The van der Waals surface area contributed by atoms with E-state index in [-0.39, 0.29) is 0 Å². The molecule has 94 valence electrons. The van der Waals surface area contributed by atoms with E-state index in [0.29, 0.717) is 5.41 Å². The summed E-state index contributed by atoms with van der Waals surface area (Å²) in [5.74, 6) is 0.892. The first-order chi connectivity index (χ1) is 8.13. The highest BCUT2D eigenvalue weighted by Gasteiger charge is 2.32. The van der Waals surface area contributed by atoms with Crippen molar-refractivity contribution in [3.05, 3.63) is 28.2 Å². The highest BCUT2D eigenvalue weighted by molar-refractivity contribution is 9.10. The van der Waals surface area contributed by atoms with E-state index >= 15 is 0 Å². The van der Waals surface area contributed by atoms with Crippen LogP contribution >= 0.6 is 15.9 Å². The van der Waals surface area contributed by atoms with E-state index in [2.05, 4.69) is 34.2 Å². The lowest BCUT2D eigenvalue weighted by Gasteiger charge is -2.38. The van der Waals surface area contributed by atoms with Crippen molar-refractivity contribution in [3.63, 3.8) is 0 Å². The summed E-state index contributed by atoms with van der Waals surface area (Å²) < 4.78 is 11.6. The third-order valence-corrected chi connectivity index (χ3v) is 3.79. The molecule has 1 aliphatic heterocycles. The van der Waals surface area contributed by atoms with Crippen LogP contribution in [0.2, 0.25) is 0 Å². The van der Waals surface area contributed by atoms with Crippen LogP contribution < -0.4 is 10.1 Å². The molecule has 1 aromatic rings. The maximum absolute atomic E-state index is 5.23. The number of halogens is 1. The Labute approximate surface area is 111 Å². The fourth-order valence-electron chi connectivity index (χ4n) is 1.87. The molecule has 2 rings (SSSR count). The van der Waals surface area contributed by atoms with Crippen LogP contribution in [-0.2, 0) is 11.3 Å². The van der Waals surface area contributed by atoms with Crippen molar-refractivity contribution in [2.75, 3.05) is 26.9 Å². The summed E-state index contributed by atoms with van der Waals surface area (Å²) in [6.07, 6.45) is 0. The Kier molecular flexibility index (Phi) is 4.07. The normalized spacial score (nSPS) is 17.6. The number of ether oxygens (including phenoxy) is 2. The molecule has 17 heavy (non-hydrogen) atoms. The summed E-state index contributed by atoms with van der Waals surface area (Å²) in [6, 6.07) is 6.02. The first-order valence-corrected chi connectivity index (χ1v) is 6.53. The van der Waals surface area contributed by atoms with Crippen LogP contribution in [-0.4, -0.2) is 26.9 Å². The van der Waals surface area contributed by atoms with Gasteiger partial charge >= 0.3 is 0 Å². The van der Waals surface area contributed by atoms with Crippen molar-refractivity contribution in [2.24, 2.45) is 5.41 Å². The predicted octanol–water partition coefficient (Wildman–Crippen LogP) is 2.58. The van der Waals surface area contributed by atoms with Crippen LogP contribution in [0.15, 0.2) is 22.7 Å². The van der Waals surface area contributed by atoms with E-state index in [1.807, 2.05) is 12.1 Å². The zero-order valence-corrected chi connectivity index (χ0v) is 11.8. The van der Waals surface area contributed by atoms with Gasteiger partial charge in [0.15, 0.2) is 0 Å². The fourth-order valence-corrected chi connectivity index (χ4v) is 2.25. The molecule has 0 bridgehead atoms. The smallest absolute Gasteiger partial charge is 0.119 e. The van der Waals surface area contributed by atoms with E-state index in [1.54, 1.807) is 7.11 Å². The molecule has 0 unspecified atom stereocenters. The minimum atomic E-state index is 0.311. The molecule has 0 spiro atoms. The number of methoxy groups -OCH3 is 1. The molecular formula is C13H18BrNO2. The van der Waals surface area contributed by atoms with Crippen LogP contribution in [0.3, 0.4) is 0 Å². The van der Waals surface area contributed by atoms with Gasteiger partial charge in [0.25, 0.3) is 0 Å². The van der Waals surface area contributed by atoms with Crippen molar-refractivity contribution in [2.45, 2.75) is 13.5 Å². The predicted molar refractivity (Wildman–Crippen MR) is 71.3 cm³/mol. The summed E-state index contributed by atoms with van der Waals surface area (Å²) >= 11 is 3.55. The van der Waals surface area contributed by atoms with Gasteiger partial charge in [-0.15, -0.1) is 0 Å². The van der Waals surface area contributed by atoms with Gasteiger partial charge in [-0.2, -0.15) is 0 Å². The van der Waals surface area contributed by atoms with Crippen molar-refractivity contribution < 1.29 is 9.47 Å². The molecule has 0 aliphatic carbocycles. The van der Waals surface area contributed by atoms with Gasteiger partial charge in [0.2, 0.25) is 0 Å². The first-order valence-electron chi connectivity index (χ1n) is 5.74. The zero-order chi connectivity index (χ0) is 12.3. The summed E-state index contributed by atoms with van der Waals surface area (Å²) in [6.45, 7) is 5.78. The van der Waals surface area contributed by atoms with Crippen LogP contribution in [0.25, 0.3) is 0 Å². The fraction of sp³-hybridized carbons (Fsp3) is 0.538. The zero-order valence-electron chi connectivity index (χ0n) is 10.3. The van der Waals surface area contributed by atoms with Crippen LogP contribution in [0.4, 0.5) is 0 Å².